The third-order valence-electron chi connectivity index (χ3n) is 4.05. The average molecular weight is 406 g/mol. The molecule has 1 heterocycles. The lowest BCUT2D eigenvalue weighted by molar-refractivity contribution is 0.0556. The van der Waals surface area contributed by atoms with Crippen molar-refractivity contribution >= 4 is 39.4 Å². The molecule has 1 amide bonds. The molecule has 2 rings (SSSR count). The second-order valence-electron chi connectivity index (χ2n) is 6.81. The SMILES string of the molecule is CC(C)(C)N(C(=O)O)C1CCC(Nc2nc(Cl)ncc2Br)CC1. The van der Waals surface area contributed by atoms with Crippen molar-refractivity contribution in [3.05, 3.63) is 16.0 Å². The first-order valence-electron chi connectivity index (χ1n) is 7.65. The van der Waals surface area contributed by atoms with Crippen LogP contribution in [0.15, 0.2) is 10.7 Å². The fourth-order valence-corrected chi connectivity index (χ4v) is 3.55. The predicted molar refractivity (Wildman–Crippen MR) is 94.0 cm³/mol. The lowest BCUT2D eigenvalue weighted by Crippen LogP contribution is -2.52. The number of nitrogens with one attached hydrogen (secondary N) is 1. The summed E-state index contributed by atoms with van der Waals surface area (Å²) in [5.74, 6) is 0.680. The zero-order chi connectivity index (χ0) is 17.2. The summed E-state index contributed by atoms with van der Waals surface area (Å²) in [5, 5.41) is 13.1. The minimum Gasteiger partial charge on any atom is -0.465 e. The van der Waals surface area contributed by atoms with E-state index < -0.39 is 6.09 Å². The molecule has 0 spiro atoms. The van der Waals surface area contributed by atoms with Gasteiger partial charge in [0, 0.05) is 23.8 Å². The van der Waals surface area contributed by atoms with Crippen LogP contribution < -0.4 is 5.32 Å². The first kappa shape index (κ1) is 18.3. The van der Waals surface area contributed by atoms with Crippen LogP contribution in [-0.4, -0.2) is 43.7 Å². The molecule has 8 heteroatoms. The van der Waals surface area contributed by atoms with Crippen LogP contribution in [0.4, 0.5) is 10.6 Å². The molecule has 0 aliphatic heterocycles. The van der Waals surface area contributed by atoms with Crippen molar-refractivity contribution in [2.45, 2.75) is 64.1 Å². The first-order valence-corrected chi connectivity index (χ1v) is 8.82. The van der Waals surface area contributed by atoms with Crippen LogP contribution in [-0.2, 0) is 0 Å². The van der Waals surface area contributed by atoms with Crippen LogP contribution in [0.3, 0.4) is 0 Å². The van der Waals surface area contributed by atoms with Crippen molar-refractivity contribution < 1.29 is 9.90 Å². The molecule has 6 nitrogen and oxygen atoms in total. The largest absolute Gasteiger partial charge is 0.465 e. The number of carbonyl (C=O) groups is 1. The molecule has 0 saturated heterocycles. The van der Waals surface area contributed by atoms with E-state index in [1.165, 1.54) is 0 Å². The quantitative estimate of drug-likeness (QED) is 0.729. The molecular formula is C15H22BrClN4O2. The van der Waals surface area contributed by atoms with Gasteiger partial charge in [0.2, 0.25) is 5.28 Å². The summed E-state index contributed by atoms with van der Waals surface area (Å²) < 4.78 is 0.769. The second-order valence-corrected chi connectivity index (χ2v) is 8.00. The number of aromatic nitrogens is 2. The minimum atomic E-state index is -0.848. The van der Waals surface area contributed by atoms with Gasteiger partial charge in [0.25, 0.3) is 0 Å². The van der Waals surface area contributed by atoms with Gasteiger partial charge in [-0.2, -0.15) is 4.98 Å². The lowest BCUT2D eigenvalue weighted by atomic mass is 9.88. The van der Waals surface area contributed by atoms with Gasteiger partial charge < -0.3 is 15.3 Å². The van der Waals surface area contributed by atoms with Gasteiger partial charge in [-0.3, -0.25) is 0 Å². The number of rotatable bonds is 3. The maximum absolute atomic E-state index is 11.6. The van der Waals surface area contributed by atoms with Gasteiger partial charge in [0.05, 0.1) is 4.47 Å². The molecule has 1 fully saturated rings. The molecule has 0 unspecified atom stereocenters. The normalized spacial score (nSPS) is 21.8. The Morgan fingerprint density at radius 3 is 2.52 bits per heavy atom. The van der Waals surface area contributed by atoms with Crippen LogP contribution in [0, 0.1) is 0 Å². The van der Waals surface area contributed by atoms with Gasteiger partial charge in [0.15, 0.2) is 0 Å². The predicted octanol–water partition coefficient (Wildman–Crippen LogP) is 4.39. The smallest absolute Gasteiger partial charge is 0.407 e. The van der Waals surface area contributed by atoms with Gasteiger partial charge in [-0.1, -0.05) is 0 Å². The zero-order valence-corrected chi connectivity index (χ0v) is 15.9. The summed E-state index contributed by atoms with van der Waals surface area (Å²) in [5.41, 5.74) is -0.389. The van der Waals surface area contributed by atoms with Crippen molar-refractivity contribution in [1.82, 2.24) is 14.9 Å². The number of carboxylic acid groups (broad SMARTS) is 1. The molecule has 0 atom stereocenters. The Morgan fingerprint density at radius 2 is 2.00 bits per heavy atom. The minimum absolute atomic E-state index is 0.0583. The zero-order valence-electron chi connectivity index (χ0n) is 13.5. The summed E-state index contributed by atoms with van der Waals surface area (Å²) in [6.07, 6.45) is 4.21. The molecule has 128 valence electrons. The Labute approximate surface area is 149 Å². The van der Waals surface area contributed by atoms with E-state index in [4.69, 9.17) is 11.6 Å². The van der Waals surface area contributed by atoms with E-state index in [1.807, 2.05) is 20.8 Å². The Kier molecular flexibility index (Phi) is 5.73. The maximum Gasteiger partial charge on any atom is 0.407 e. The van der Waals surface area contributed by atoms with Crippen LogP contribution in [0.1, 0.15) is 46.5 Å². The topological polar surface area (TPSA) is 78.4 Å². The summed E-state index contributed by atoms with van der Waals surface area (Å²) in [6.45, 7) is 5.81. The molecule has 1 aromatic rings. The van der Waals surface area contributed by atoms with Gasteiger partial charge >= 0.3 is 6.09 Å². The highest BCUT2D eigenvalue weighted by atomic mass is 79.9. The number of anilines is 1. The van der Waals surface area contributed by atoms with Gasteiger partial charge in [-0.15, -0.1) is 0 Å². The third kappa shape index (κ3) is 4.70. The Morgan fingerprint density at radius 1 is 1.39 bits per heavy atom. The highest BCUT2D eigenvalue weighted by Gasteiger charge is 2.35. The number of nitrogens with zero attached hydrogens (tertiary/aromatic N) is 3. The molecule has 1 aliphatic rings. The highest BCUT2D eigenvalue weighted by molar-refractivity contribution is 9.10. The van der Waals surface area contributed by atoms with Gasteiger partial charge in [-0.05, 0) is 74.0 Å². The highest BCUT2D eigenvalue weighted by Crippen LogP contribution is 2.31. The van der Waals surface area contributed by atoms with E-state index in [-0.39, 0.29) is 22.9 Å². The van der Waals surface area contributed by atoms with Crippen molar-refractivity contribution in [2.75, 3.05) is 5.32 Å². The summed E-state index contributed by atoms with van der Waals surface area (Å²) in [4.78, 5) is 21.2. The molecule has 0 radical (unpaired) electrons. The molecule has 2 N–H and O–H groups in total. The first-order chi connectivity index (χ1) is 10.7. The van der Waals surface area contributed by atoms with Crippen molar-refractivity contribution in [1.29, 1.82) is 0 Å². The van der Waals surface area contributed by atoms with Crippen LogP contribution in [0.5, 0.6) is 0 Å². The Hall–Kier alpha value is -1.08. The molecule has 1 aromatic heterocycles. The van der Waals surface area contributed by atoms with Gasteiger partial charge in [0.1, 0.15) is 5.82 Å². The number of hydrogen-bond acceptors (Lipinski definition) is 4. The molecule has 1 saturated carbocycles. The van der Waals surface area contributed by atoms with Gasteiger partial charge in [-0.25, -0.2) is 9.78 Å². The van der Waals surface area contributed by atoms with Crippen molar-refractivity contribution in [3.63, 3.8) is 0 Å². The standard InChI is InChI=1S/C15H22BrClN4O2/c1-15(2,3)21(14(22)23)10-6-4-9(5-7-10)19-12-11(16)8-18-13(17)20-12/h8-10H,4-7H2,1-3H3,(H,22,23)(H,18,19,20). The van der Waals surface area contributed by atoms with Crippen molar-refractivity contribution in [2.24, 2.45) is 0 Å². The van der Waals surface area contributed by atoms with E-state index >= 15 is 0 Å². The number of halogens is 2. The fraction of sp³-hybridized carbons (Fsp3) is 0.667. The Bertz CT molecular complexity index is 571. The van der Waals surface area contributed by atoms with Crippen molar-refractivity contribution in [3.8, 4) is 0 Å². The number of hydrogen-bond donors (Lipinski definition) is 2. The van der Waals surface area contributed by atoms with E-state index in [9.17, 15) is 9.90 Å². The van der Waals surface area contributed by atoms with E-state index in [2.05, 4.69) is 31.2 Å². The van der Waals surface area contributed by atoms with Crippen LogP contribution in [0.25, 0.3) is 0 Å². The van der Waals surface area contributed by atoms with Crippen LogP contribution >= 0.6 is 27.5 Å². The molecule has 1 aliphatic carbocycles. The number of amides is 1. The molecular weight excluding hydrogens is 384 g/mol. The Balaban J connectivity index is 1.98. The van der Waals surface area contributed by atoms with E-state index in [0.29, 0.717) is 5.82 Å². The third-order valence-corrected chi connectivity index (χ3v) is 4.81. The van der Waals surface area contributed by atoms with E-state index in [1.54, 1.807) is 11.1 Å². The summed E-state index contributed by atoms with van der Waals surface area (Å²) >= 11 is 9.23. The lowest BCUT2D eigenvalue weighted by Gasteiger charge is -2.42. The fourth-order valence-electron chi connectivity index (χ4n) is 3.11. The molecule has 0 aromatic carbocycles. The average Bonchev–Trinajstić information content (AvgIpc) is 2.43. The molecule has 23 heavy (non-hydrogen) atoms. The molecule has 0 bridgehead atoms. The summed E-state index contributed by atoms with van der Waals surface area (Å²) in [6, 6.07) is 0.312. The van der Waals surface area contributed by atoms with E-state index in [0.717, 1.165) is 30.2 Å². The van der Waals surface area contributed by atoms with Crippen LogP contribution in [0.2, 0.25) is 5.28 Å². The monoisotopic (exact) mass is 404 g/mol. The summed E-state index contributed by atoms with van der Waals surface area (Å²) in [7, 11) is 0. The second kappa shape index (κ2) is 7.21. The maximum atomic E-state index is 11.6.